The Balaban J connectivity index is 1.66. The summed E-state index contributed by atoms with van der Waals surface area (Å²) >= 11 is 8.86. The van der Waals surface area contributed by atoms with Gasteiger partial charge in [-0.3, -0.25) is 4.79 Å². The summed E-state index contributed by atoms with van der Waals surface area (Å²) in [5.41, 5.74) is 1.30. The van der Waals surface area contributed by atoms with Gasteiger partial charge < -0.3 is 0 Å². The van der Waals surface area contributed by atoms with Crippen molar-refractivity contribution in [2.24, 2.45) is 0 Å². The van der Waals surface area contributed by atoms with E-state index in [0.717, 1.165) is 11.3 Å². The van der Waals surface area contributed by atoms with Crippen molar-refractivity contribution in [2.75, 3.05) is 0 Å². The maximum absolute atomic E-state index is 12.0. The monoisotopic (exact) mass is 344 g/mol. The third-order valence-corrected chi connectivity index (χ3v) is 5.41. The second kappa shape index (κ2) is 7.05. The first-order valence-electron chi connectivity index (χ1n) is 6.81. The highest BCUT2D eigenvalue weighted by molar-refractivity contribution is 7.18. The van der Waals surface area contributed by atoms with Crippen LogP contribution in [0.5, 0.6) is 0 Å². The molecule has 0 amide bonds. The smallest absolute Gasteiger partial charge is 0.195 e. The molecule has 3 rings (SSSR count). The molecule has 0 spiro atoms. The van der Waals surface area contributed by atoms with Crippen LogP contribution in [-0.4, -0.2) is 5.78 Å². The number of thiophene rings is 2. The van der Waals surface area contributed by atoms with Gasteiger partial charge in [-0.05, 0) is 42.0 Å². The lowest BCUT2D eigenvalue weighted by molar-refractivity contribution is 0.105. The Labute approximate surface area is 142 Å². The van der Waals surface area contributed by atoms with Crippen molar-refractivity contribution in [1.29, 1.82) is 0 Å². The zero-order valence-corrected chi connectivity index (χ0v) is 14.0. The third kappa shape index (κ3) is 3.95. The molecule has 0 aliphatic carbocycles. The van der Waals surface area contributed by atoms with Crippen LogP contribution in [0.3, 0.4) is 0 Å². The number of ketones is 1. The van der Waals surface area contributed by atoms with Crippen molar-refractivity contribution >= 4 is 46.1 Å². The lowest BCUT2D eigenvalue weighted by Crippen LogP contribution is -1.87. The number of hydrogen-bond donors (Lipinski definition) is 0. The Kier molecular flexibility index (Phi) is 4.88. The number of benzene rings is 1. The summed E-state index contributed by atoms with van der Waals surface area (Å²) in [7, 11) is 0. The van der Waals surface area contributed by atoms with Gasteiger partial charge in [0.05, 0.1) is 9.21 Å². The molecule has 0 unspecified atom stereocenters. The van der Waals surface area contributed by atoms with Crippen LogP contribution < -0.4 is 0 Å². The van der Waals surface area contributed by atoms with Gasteiger partial charge >= 0.3 is 0 Å². The summed E-state index contributed by atoms with van der Waals surface area (Å²) < 4.78 is 0.637. The molecule has 22 heavy (non-hydrogen) atoms. The number of carbonyl (C=O) groups is 1. The van der Waals surface area contributed by atoms with E-state index in [2.05, 4.69) is 30.3 Å². The van der Waals surface area contributed by atoms with Crippen LogP contribution >= 0.6 is 34.3 Å². The Morgan fingerprint density at radius 3 is 2.55 bits per heavy atom. The first-order chi connectivity index (χ1) is 10.7. The second-order valence-electron chi connectivity index (χ2n) is 4.77. The minimum absolute atomic E-state index is 0.00471. The van der Waals surface area contributed by atoms with Crippen LogP contribution in [0.1, 0.15) is 25.0 Å². The summed E-state index contributed by atoms with van der Waals surface area (Å²) in [6.07, 6.45) is 4.41. The van der Waals surface area contributed by atoms with Gasteiger partial charge in [-0.15, -0.1) is 22.7 Å². The fourth-order valence-electron chi connectivity index (χ4n) is 2.06. The predicted molar refractivity (Wildman–Crippen MR) is 96.3 cm³/mol. The Hall–Kier alpha value is -1.68. The molecule has 0 saturated carbocycles. The Morgan fingerprint density at radius 1 is 1.00 bits per heavy atom. The van der Waals surface area contributed by atoms with Crippen LogP contribution in [0, 0.1) is 0 Å². The summed E-state index contributed by atoms with van der Waals surface area (Å²) in [4.78, 5) is 15.0. The van der Waals surface area contributed by atoms with Gasteiger partial charge in [-0.25, -0.2) is 0 Å². The first kappa shape index (κ1) is 15.2. The number of allylic oxidation sites excluding steroid dienone is 1. The van der Waals surface area contributed by atoms with Crippen LogP contribution in [0.4, 0.5) is 0 Å². The molecule has 0 aliphatic rings. The molecule has 0 fully saturated rings. The molecule has 0 saturated heterocycles. The SMILES string of the molecule is O=C(/C=C/c1ccc(Cc2ccccc2)s1)c1ccc(Cl)s1. The van der Waals surface area contributed by atoms with Crippen molar-refractivity contribution in [3.63, 3.8) is 0 Å². The van der Waals surface area contributed by atoms with Gasteiger partial charge in [0.15, 0.2) is 5.78 Å². The topological polar surface area (TPSA) is 17.1 Å². The van der Waals surface area contributed by atoms with Gasteiger partial charge in [0.25, 0.3) is 0 Å². The van der Waals surface area contributed by atoms with E-state index in [4.69, 9.17) is 11.6 Å². The number of hydrogen-bond acceptors (Lipinski definition) is 3. The highest BCUT2D eigenvalue weighted by Crippen LogP contribution is 2.24. The molecule has 0 radical (unpaired) electrons. The average molecular weight is 345 g/mol. The van der Waals surface area contributed by atoms with Gasteiger partial charge in [-0.2, -0.15) is 0 Å². The van der Waals surface area contributed by atoms with Crippen molar-refractivity contribution < 1.29 is 4.79 Å². The molecule has 2 heterocycles. The Bertz CT molecular complexity index is 799. The van der Waals surface area contributed by atoms with E-state index >= 15 is 0 Å². The normalized spacial score (nSPS) is 11.1. The molecule has 0 atom stereocenters. The molecule has 1 nitrogen and oxygen atoms in total. The fraction of sp³-hybridized carbons (Fsp3) is 0.0556. The van der Waals surface area contributed by atoms with Crippen LogP contribution in [0.15, 0.2) is 60.7 Å². The predicted octanol–water partition coefficient (Wildman–Crippen LogP) is 5.95. The molecular formula is C18H13ClOS2. The molecular weight excluding hydrogens is 332 g/mol. The van der Waals surface area contributed by atoms with Crippen molar-refractivity contribution in [3.8, 4) is 0 Å². The lowest BCUT2D eigenvalue weighted by Gasteiger charge is -1.96. The van der Waals surface area contributed by atoms with Gasteiger partial charge in [0, 0.05) is 16.2 Å². The molecule has 2 aromatic heterocycles. The summed E-state index contributed by atoms with van der Waals surface area (Å²) in [6, 6.07) is 18.0. The third-order valence-electron chi connectivity index (χ3n) is 3.12. The van der Waals surface area contributed by atoms with Gasteiger partial charge in [0.1, 0.15) is 0 Å². The minimum Gasteiger partial charge on any atom is -0.288 e. The van der Waals surface area contributed by atoms with E-state index in [1.165, 1.54) is 21.8 Å². The van der Waals surface area contributed by atoms with Gasteiger partial charge in [-0.1, -0.05) is 41.9 Å². The van der Waals surface area contributed by atoms with E-state index < -0.39 is 0 Å². The van der Waals surface area contributed by atoms with E-state index in [1.807, 2.05) is 18.2 Å². The molecule has 1 aromatic carbocycles. The maximum atomic E-state index is 12.0. The zero-order chi connectivity index (χ0) is 15.4. The molecule has 0 bridgehead atoms. The minimum atomic E-state index is -0.00471. The summed E-state index contributed by atoms with van der Waals surface area (Å²) in [5, 5.41) is 0. The number of carbonyl (C=O) groups excluding carboxylic acids is 1. The van der Waals surface area contributed by atoms with E-state index in [1.54, 1.807) is 29.5 Å². The Morgan fingerprint density at radius 2 is 1.82 bits per heavy atom. The first-order valence-corrected chi connectivity index (χ1v) is 8.82. The summed E-state index contributed by atoms with van der Waals surface area (Å²) in [5.74, 6) is -0.00471. The fourth-order valence-corrected chi connectivity index (χ4v) is 3.98. The van der Waals surface area contributed by atoms with Crippen molar-refractivity contribution in [1.82, 2.24) is 0 Å². The zero-order valence-electron chi connectivity index (χ0n) is 11.7. The largest absolute Gasteiger partial charge is 0.288 e. The van der Waals surface area contributed by atoms with E-state index in [-0.39, 0.29) is 5.78 Å². The molecule has 0 N–H and O–H groups in total. The highest BCUT2D eigenvalue weighted by Gasteiger charge is 2.05. The lowest BCUT2D eigenvalue weighted by atomic mass is 10.1. The van der Waals surface area contributed by atoms with Crippen LogP contribution in [0.2, 0.25) is 4.34 Å². The summed E-state index contributed by atoms with van der Waals surface area (Å²) in [6.45, 7) is 0. The number of halogens is 1. The average Bonchev–Trinajstić information content (AvgIpc) is 3.15. The second-order valence-corrected chi connectivity index (χ2v) is 7.68. The highest BCUT2D eigenvalue weighted by atomic mass is 35.5. The van der Waals surface area contributed by atoms with Gasteiger partial charge in [0.2, 0.25) is 0 Å². The maximum Gasteiger partial charge on any atom is 0.195 e. The molecule has 4 heteroatoms. The van der Waals surface area contributed by atoms with Crippen LogP contribution in [0.25, 0.3) is 6.08 Å². The molecule has 3 aromatic rings. The number of rotatable bonds is 5. The van der Waals surface area contributed by atoms with E-state index in [9.17, 15) is 4.79 Å². The van der Waals surface area contributed by atoms with Crippen molar-refractivity contribution in [2.45, 2.75) is 6.42 Å². The van der Waals surface area contributed by atoms with Crippen molar-refractivity contribution in [3.05, 3.63) is 85.2 Å². The molecule has 110 valence electrons. The standard InChI is InChI=1S/C18H13ClOS2/c19-18-11-10-17(22-18)16(20)9-8-14-6-7-15(21-14)12-13-4-2-1-3-5-13/h1-11H,12H2/b9-8+. The molecule has 0 aliphatic heterocycles. The van der Waals surface area contributed by atoms with Crippen LogP contribution in [-0.2, 0) is 6.42 Å². The van der Waals surface area contributed by atoms with E-state index in [0.29, 0.717) is 9.21 Å². The quantitative estimate of drug-likeness (QED) is 0.413.